The smallest absolute Gasteiger partial charge is 0.238 e. The summed E-state index contributed by atoms with van der Waals surface area (Å²) in [6.45, 7) is 0. The topological polar surface area (TPSA) is 87.2 Å². The molecule has 0 aliphatic carbocycles. The van der Waals surface area contributed by atoms with E-state index in [1.54, 1.807) is 0 Å². The van der Waals surface area contributed by atoms with E-state index < -0.39 is 0 Å². The molecule has 9 aromatic carbocycles. The predicted octanol–water partition coefficient (Wildman–Crippen LogP) is 14.3. The van der Waals surface area contributed by atoms with Crippen LogP contribution in [0, 0.1) is 0 Å². The first-order valence-electron chi connectivity index (χ1n) is 22.6. The molecule has 0 amide bonds. The van der Waals surface area contributed by atoms with Crippen LogP contribution in [0.4, 0.5) is 0 Å². The van der Waals surface area contributed by atoms with Gasteiger partial charge in [0.1, 0.15) is 0 Å². The summed E-state index contributed by atoms with van der Waals surface area (Å²) in [4.78, 5) is 30.5. The van der Waals surface area contributed by atoms with Gasteiger partial charge in [-0.3, -0.25) is 4.57 Å². The highest BCUT2D eigenvalue weighted by molar-refractivity contribution is 6.22. The molecule has 13 rings (SSSR count). The first-order valence-corrected chi connectivity index (χ1v) is 22.6. The Morgan fingerprint density at radius 1 is 0.250 bits per heavy atom. The molecule has 0 aliphatic rings. The summed E-state index contributed by atoms with van der Waals surface area (Å²) in [6, 6.07) is 79.4. The number of hydrogen-bond acceptors (Lipinski definition) is 6. The molecule has 0 spiro atoms. The molecule has 0 saturated heterocycles. The van der Waals surface area contributed by atoms with Gasteiger partial charge in [-0.1, -0.05) is 194 Å². The van der Waals surface area contributed by atoms with Crippen molar-refractivity contribution >= 4 is 43.6 Å². The average molecular weight is 871 g/mol. The van der Waals surface area contributed by atoms with Crippen molar-refractivity contribution < 1.29 is 0 Å². The van der Waals surface area contributed by atoms with Crippen LogP contribution in [0.5, 0.6) is 0 Å². The van der Waals surface area contributed by atoms with Crippen LogP contribution >= 0.6 is 0 Å². The van der Waals surface area contributed by atoms with Crippen molar-refractivity contribution in [2.45, 2.75) is 0 Å². The molecule has 0 aliphatic heterocycles. The molecule has 0 radical (unpaired) electrons. The maximum atomic E-state index is 5.20. The van der Waals surface area contributed by atoms with E-state index in [4.69, 9.17) is 29.9 Å². The summed E-state index contributed by atoms with van der Waals surface area (Å²) in [5.74, 6) is 3.64. The van der Waals surface area contributed by atoms with Crippen LogP contribution in [0.25, 0.3) is 123 Å². The fourth-order valence-electron chi connectivity index (χ4n) is 9.60. The van der Waals surface area contributed by atoms with E-state index in [0.717, 1.165) is 88.2 Å². The molecule has 0 saturated carbocycles. The Morgan fingerprint density at radius 3 is 1.06 bits per heavy atom. The summed E-state index contributed by atoms with van der Waals surface area (Å²) in [5.41, 5.74) is 12.0. The van der Waals surface area contributed by atoms with Crippen LogP contribution in [0.1, 0.15) is 0 Å². The van der Waals surface area contributed by atoms with Crippen molar-refractivity contribution in [3.8, 4) is 79.7 Å². The van der Waals surface area contributed by atoms with Crippen LogP contribution in [-0.2, 0) is 0 Å². The molecule has 0 atom stereocenters. The van der Waals surface area contributed by atoms with E-state index in [-0.39, 0.29) is 0 Å². The van der Waals surface area contributed by atoms with Gasteiger partial charge in [-0.15, -0.1) is 0 Å². The summed E-state index contributed by atoms with van der Waals surface area (Å²) in [7, 11) is 0. The van der Waals surface area contributed by atoms with Crippen LogP contribution in [-0.4, -0.2) is 39.0 Å². The number of rotatable bonds is 8. The fraction of sp³-hybridized carbons (Fsp3) is 0. The number of fused-ring (bicyclic) bond motifs is 6. The van der Waals surface area contributed by atoms with Gasteiger partial charge < -0.3 is 4.57 Å². The second-order valence-electron chi connectivity index (χ2n) is 16.7. The zero-order valence-corrected chi connectivity index (χ0v) is 36.5. The standard InChI is InChI=1S/C60H38N8/c1-5-20-39(21-6-1)55-61-56(40-22-7-2-8-23-40)63-59(62-55)43-28-17-29-44(38-43)67-49-34-15-13-30-47(49)53-45(32-18-36-51(53)67)46-33-19-37-52-54(46)48-31-14-16-35-50(48)68(52)60-65-57(41-24-9-3-10-25-41)64-58(66-60)42-26-11-4-12-27-42/h1-38H. The molecule has 0 N–H and O–H groups in total. The molecule has 4 heterocycles. The number of para-hydroxylation sites is 2. The van der Waals surface area contributed by atoms with Crippen molar-refractivity contribution in [1.29, 1.82) is 0 Å². The third-order valence-corrected chi connectivity index (χ3v) is 12.6. The van der Waals surface area contributed by atoms with E-state index in [2.05, 4.69) is 118 Å². The molecule has 0 unspecified atom stereocenters. The second kappa shape index (κ2) is 16.2. The lowest BCUT2D eigenvalue weighted by atomic mass is 9.95. The van der Waals surface area contributed by atoms with Crippen molar-refractivity contribution in [2.24, 2.45) is 0 Å². The van der Waals surface area contributed by atoms with Gasteiger partial charge in [0.25, 0.3) is 0 Å². The largest absolute Gasteiger partial charge is 0.309 e. The van der Waals surface area contributed by atoms with Gasteiger partial charge in [-0.25, -0.2) is 19.9 Å². The molecular formula is C60H38N8. The molecule has 8 heteroatoms. The zero-order chi connectivity index (χ0) is 45.0. The monoisotopic (exact) mass is 870 g/mol. The van der Waals surface area contributed by atoms with E-state index in [9.17, 15) is 0 Å². The van der Waals surface area contributed by atoms with E-state index in [0.29, 0.717) is 35.1 Å². The quantitative estimate of drug-likeness (QED) is 0.151. The molecule has 68 heavy (non-hydrogen) atoms. The van der Waals surface area contributed by atoms with Crippen LogP contribution in [0.15, 0.2) is 231 Å². The molecule has 8 nitrogen and oxygen atoms in total. The lowest BCUT2D eigenvalue weighted by Crippen LogP contribution is -2.06. The van der Waals surface area contributed by atoms with Crippen LogP contribution in [0.2, 0.25) is 0 Å². The number of benzene rings is 9. The van der Waals surface area contributed by atoms with E-state index in [1.165, 1.54) is 0 Å². The SMILES string of the molecule is c1ccc(-c2nc(-c3ccccc3)nc(-c3cccc(-n4c5ccccc5c5c(-c6cccc7c6c6ccccc6n7-c6nc(-c7ccccc7)nc(-c7ccccc7)n6)cccc54)c3)n2)cc1. The molecule has 0 fully saturated rings. The third-order valence-electron chi connectivity index (χ3n) is 12.6. The van der Waals surface area contributed by atoms with Crippen molar-refractivity contribution in [2.75, 3.05) is 0 Å². The normalized spacial score (nSPS) is 11.5. The van der Waals surface area contributed by atoms with Crippen molar-refractivity contribution in [1.82, 2.24) is 39.0 Å². The van der Waals surface area contributed by atoms with Gasteiger partial charge >= 0.3 is 0 Å². The maximum Gasteiger partial charge on any atom is 0.238 e. The Morgan fingerprint density at radius 2 is 0.588 bits per heavy atom. The highest BCUT2D eigenvalue weighted by Gasteiger charge is 2.23. The Balaban J connectivity index is 1.01. The summed E-state index contributed by atoms with van der Waals surface area (Å²) in [5, 5.41) is 4.54. The zero-order valence-electron chi connectivity index (χ0n) is 36.5. The lowest BCUT2D eigenvalue weighted by Gasteiger charge is -2.12. The summed E-state index contributed by atoms with van der Waals surface area (Å²) >= 11 is 0. The Labute approximate surface area is 391 Å². The van der Waals surface area contributed by atoms with Gasteiger partial charge in [-0.05, 0) is 47.5 Å². The van der Waals surface area contributed by atoms with Crippen LogP contribution < -0.4 is 0 Å². The minimum atomic E-state index is 0.556. The molecule has 4 aromatic heterocycles. The van der Waals surface area contributed by atoms with Gasteiger partial charge in [0.2, 0.25) is 5.95 Å². The number of aromatic nitrogens is 8. The molecule has 318 valence electrons. The molecular weight excluding hydrogens is 833 g/mol. The first-order chi connectivity index (χ1) is 33.7. The van der Waals surface area contributed by atoms with Gasteiger partial charge in [0.15, 0.2) is 29.1 Å². The summed E-state index contributed by atoms with van der Waals surface area (Å²) < 4.78 is 4.55. The molecule has 13 aromatic rings. The van der Waals surface area contributed by atoms with Gasteiger partial charge in [0, 0.05) is 55.0 Å². The summed E-state index contributed by atoms with van der Waals surface area (Å²) in [6.07, 6.45) is 0. The van der Waals surface area contributed by atoms with Crippen LogP contribution in [0.3, 0.4) is 0 Å². The Hall–Kier alpha value is -9.40. The fourth-order valence-corrected chi connectivity index (χ4v) is 9.60. The Kier molecular flexibility index (Phi) is 9.31. The van der Waals surface area contributed by atoms with Crippen molar-refractivity contribution in [3.63, 3.8) is 0 Å². The average Bonchev–Trinajstić information content (AvgIpc) is 3.95. The number of hydrogen-bond donors (Lipinski definition) is 0. The number of nitrogens with zero attached hydrogens (tertiary/aromatic N) is 8. The minimum absolute atomic E-state index is 0.556. The maximum absolute atomic E-state index is 5.20. The molecule has 0 bridgehead atoms. The second-order valence-corrected chi connectivity index (χ2v) is 16.7. The van der Waals surface area contributed by atoms with Gasteiger partial charge in [-0.2, -0.15) is 9.97 Å². The first kappa shape index (κ1) is 39.0. The van der Waals surface area contributed by atoms with E-state index >= 15 is 0 Å². The predicted molar refractivity (Wildman–Crippen MR) is 275 cm³/mol. The minimum Gasteiger partial charge on any atom is -0.309 e. The third kappa shape index (κ3) is 6.62. The highest BCUT2D eigenvalue weighted by Crippen LogP contribution is 2.44. The highest BCUT2D eigenvalue weighted by atomic mass is 15.2. The van der Waals surface area contributed by atoms with Crippen molar-refractivity contribution in [3.05, 3.63) is 231 Å². The van der Waals surface area contributed by atoms with E-state index in [1.807, 2.05) is 121 Å². The van der Waals surface area contributed by atoms with Gasteiger partial charge in [0.05, 0.1) is 22.1 Å². The Bertz CT molecular complexity index is 3900. The lowest BCUT2D eigenvalue weighted by molar-refractivity contribution is 0.953.